The summed E-state index contributed by atoms with van der Waals surface area (Å²) in [7, 11) is 0. The number of alkyl carbamates (subject to hydrolysis) is 3. The van der Waals surface area contributed by atoms with Gasteiger partial charge in [0.2, 0.25) is 11.8 Å². The number of carbonyl (C=O) groups excluding carboxylic acids is 8. The van der Waals surface area contributed by atoms with Crippen LogP contribution in [0.1, 0.15) is 120 Å². The molecule has 20 heteroatoms. The Morgan fingerprint density at radius 1 is 0.585 bits per heavy atom. The second-order valence-corrected chi connectivity index (χ2v) is 18.4. The summed E-state index contributed by atoms with van der Waals surface area (Å²) in [6.45, 7) is 17.2. The van der Waals surface area contributed by atoms with Gasteiger partial charge >= 0.3 is 36.2 Å². The van der Waals surface area contributed by atoms with Crippen LogP contribution in [0.25, 0.3) is 10.9 Å². The van der Waals surface area contributed by atoms with Crippen LogP contribution >= 0.6 is 0 Å². The first kappa shape index (κ1) is 55.1. The van der Waals surface area contributed by atoms with E-state index in [0.717, 1.165) is 24.8 Å². The minimum Gasteiger partial charge on any atom is -0.462 e. The number of aromatic amines is 1. The van der Waals surface area contributed by atoms with E-state index in [2.05, 4.69) is 31.6 Å². The maximum Gasteiger partial charge on any atom is 0.408 e. The number of para-hydroxylation sites is 1. The van der Waals surface area contributed by atoms with Crippen molar-refractivity contribution in [3.63, 3.8) is 0 Å². The SMILES string of the molecule is CC(=O)OCC(COC(=O)C(CCCCNC(=O)OC(C)(C)C)NC(=O)C(Cc1c[nH]c2ccccc12)NC(=O)C(CCCCNC(=O)OC(C)(C)C)NC(=O)OC(C)(C)C)OC(C)=O. The van der Waals surface area contributed by atoms with Gasteiger partial charge in [-0.05, 0) is 112 Å². The minimum atomic E-state index is -1.32. The molecule has 0 aliphatic rings. The van der Waals surface area contributed by atoms with Crippen molar-refractivity contribution in [2.45, 2.75) is 162 Å². The van der Waals surface area contributed by atoms with E-state index in [1.165, 1.54) is 0 Å². The number of unbranched alkanes of at least 4 members (excludes halogenated alkanes) is 2. The molecule has 2 rings (SSSR count). The predicted octanol–water partition coefficient (Wildman–Crippen LogP) is 5.00. The fraction of sp³-hybridized carbons (Fsp3) is 0.644. The highest BCUT2D eigenvalue weighted by molar-refractivity contribution is 5.94. The molecule has 0 aliphatic carbocycles. The Bertz CT molecular complexity index is 1910. The molecule has 5 amide bonds. The summed E-state index contributed by atoms with van der Waals surface area (Å²) in [4.78, 5) is 106. The zero-order valence-corrected chi connectivity index (χ0v) is 39.7. The van der Waals surface area contributed by atoms with Crippen LogP contribution in [-0.2, 0) is 58.8 Å². The van der Waals surface area contributed by atoms with E-state index in [4.69, 9.17) is 28.4 Å². The molecule has 0 radical (unpaired) electrons. The molecule has 0 saturated carbocycles. The molecule has 4 unspecified atom stereocenters. The van der Waals surface area contributed by atoms with Crippen LogP contribution in [0.3, 0.4) is 0 Å². The summed E-state index contributed by atoms with van der Waals surface area (Å²) in [5.41, 5.74) is -0.868. The van der Waals surface area contributed by atoms with E-state index in [1.807, 2.05) is 24.3 Å². The largest absolute Gasteiger partial charge is 0.462 e. The highest BCUT2D eigenvalue weighted by atomic mass is 16.6. The van der Waals surface area contributed by atoms with Gasteiger partial charge in [-0.3, -0.25) is 19.2 Å². The molecule has 1 aromatic heterocycles. The van der Waals surface area contributed by atoms with Gasteiger partial charge in [-0.15, -0.1) is 0 Å². The number of nitrogens with one attached hydrogen (secondary N) is 6. The number of H-pyrrole nitrogens is 1. The topological polar surface area (TPSA) is 268 Å². The number of hydrogen-bond donors (Lipinski definition) is 6. The van der Waals surface area contributed by atoms with Crippen LogP contribution in [0.5, 0.6) is 0 Å². The van der Waals surface area contributed by atoms with Gasteiger partial charge in [0.1, 0.15) is 48.1 Å². The van der Waals surface area contributed by atoms with Gasteiger partial charge < -0.3 is 60.0 Å². The lowest BCUT2D eigenvalue weighted by Gasteiger charge is -2.26. The smallest absolute Gasteiger partial charge is 0.408 e. The molecule has 0 spiro atoms. The Balaban J connectivity index is 2.41. The Morgan fingerprint density at radius 3 is 1.62 bits per heavy atom. The van der Waals surface area contributed by atoms with Crippen molar-refractivity contribution < 1.29 is 66.8 Å². The van der Waals surface area contributed by atoms with E-state index in [-0.39, 0.29) is 32.4 Å². The average molecular weight is 919 g/mol. The molecule has 4 atom stereocenters. The quantitative estimate of drug-likeness (QED) is 0.0487. The standard InChI is InChI=1S/C45H70N6O14/c1-28(52)60-26-31(62-29(2)53)27-61-39(56)35(21-15-17-23-47-41(58)64-44(6,7)8)49-38(55)36(24-30-25-48-33-19-13-12-18-32(30)33)50-37(54)34(51-42(59)65-45(9,10)11)20-14-16-22-46-40(57)63-43(3,4)5/h12-13,18-19,25,31,34-36,48H,14-17,20-24,26-27H2,1-11H3,(H,46,57)(H,47,58)(H,49,55)(H,50,54)(H,51,59). The van der Waals surface area contributed by atoms with Gasteiger partial charge in [-0.1, -0.05) is 18.2 Å². The minimum absolute atomic E-state index is 0.0106. The Morgan fingerprint density at radius 2 is 1.08 bits per heavy atom. The van der Waals surface area contributed by atoms with E-state index >= 15 is 0 Å². The number of ether oxygens (including phenoxy) is 6. The van der Waals surface area contributed by atoms with Crippen LogP contribution in [0.2, 0.25) is 0 Å². The van der Waals surface area contributed by atoms with E-state index in [9.17, 15) is 38.4 Å². The molecule has 6 N–H and O–H groups in total. The molecule has 65 heavy (non-hydrogen) atoms. The Kier molecular flexibility index (Phi) is 22.0. The summed E-state index contributed by atoms with van der Waals surface area (Å²) >= 11 is 0. The average Bonchev–Trinajstić information content (AvgIpc) is 3.57. The predicted molar refractivity (Wildman–Crippen MR) is 238 cm³/mol. The number of aromatic nitrogens is 1. The molecule has 0 aliphatic heterocycles. The molecule has 2 aromatic rings. The lowest BCUT2D eigenvalue weighted by atomic mass is 10.0. The second-order valence-electron chi connectivity index (χ2n) is 18.4. The highest BCUT2D eigenvalue weighted by Crippen LogP contribution is 2.20. The number of carbonyl (C=O) groups is 8. The molecule has 0 saturated heterocycles. The molecule has 0 bridgehead atoms. The van der Waals surface area contributed by atoms with Crippen molar-refractivity contribution in [3.05, 3.63) is 36.0 Å². The van der Waals surface area contributed by atoms with Gasteiger partial charge in [0, 0.05) is 50.5 Å². The Hall–Kier alpha value is -6.08. The van der Waals surface area contributed by atoms with E-state index in [0.29, 0.717) is 31.2 Å². The van der Waals surface area contributed by atoms with Gasteiger partial charge in [0.05, 0.1) is 0 Å². The summed E-state index contributed by atoms with van der Waals surface area (Å²) < 4.78 is 31.6. The zero-order chi connectivity index (χ0) is 49.0. The van der Waals surface area contributed by atoms with Gasteiger partial charge in [0.15, 0.2) is 6.10 Å². The molecular weight excluding hydrogens is 849 g/mol. The monoisotopic (exact) mass is 918 g/mol. The summed E-state index contributed by atoms with van der Waals surface area (Å²) in [5.74, 6) is -3.78. The summed E-state index contributed by atoms with van der Waals surface area (Å²) in [6.07, 6.45) is -0.0790. The van der Waals surface area contributed by atoms with E-state index < -0.39 is 102 Å². The van der Waals surface area contributed by atoms with Crippen LogP contribution < -0.4 is 26.6 Å². The first-order valence-corrected chi connectivity index (χ1v) is 21.8. The number of hydrogen-bond acceptors (Lipinski definition) is 14. The van der Waals surface area contributed by atoms with Crippen LogP contribution in [-0.4, -0.2) is 120 Å². The lowest BCUT2D eigenvalue weighted by molar-refractivity contribution is -0.165. The summed E-state index contributed by atoms with van der Waals surface area (Å²) in [5, 5.41) is 14.2. The van der Waals surface area contributed by atoms with Crippen LogP contribution in [0, 0.1) is 0 Å². The molecule has 364 valence electrons. The highest BCUT2D eigenvalue weighted by Gasteiger charge is 2.32. The number of amides is 5. The molecule has 0 fully saturated rings. The number of esters is 3. The summed E-state index contributed by atoms with van der Waals surface area (Å²) in [6, 6.07) is 3.52. The molecule has 20 nitrogen and oxygen atoms in total. The maximum absolute atomic E-state index is 14.4. The van der Waals surface area contributed by atoms with Gasteiger partial charge in [0.25, 0.3) is 0 Å². The van der Waals surface area contributed by atoms with Crippen molar-refractivity contribution in [2.24, 2.45) is 0 Å². The third-order valence-corrected chi connectivity index (χ3v) is 8.73. The van der Waals surface area contributed by atoms with Crippen LogP contribution in [0.4, 0.5) is 14.4 Å². The molecular formula is C45H70N6O14. The fourth-order valence-electron chi connectivity index (χ4n) is 6.03. The van der Waals surface area contributed by atoms with Crippen molar-refractivity contribution in [1.82, 2.24) is 31.6 Å². The molecule has 1 heterocycles. The number of fused-ring (bicyclic) bond motifs is 1. The third-order valence-electron chi connectivity index (χ3n) is 8.73. The number of rotatable bonds is 23. The third kappa shape index (κ3) is 24.0. The zero-order valence-electron chi connectivity index (χ0n) is 39.7. The fourth-order valence-corrected chi connectivity index (χ4v) is 6.03. The maximum atomic E-state index is 14.4. The first-order chi connectivity index (χ1) is 30.2. The normalized spacial score (nSPS) is 13.5. The van der Waals surface area contributed by atoms with E-state index in [1.54, 1.807) is 68.5 Å². The first-order valence-electron chi connectivity index (χ1n) is 21.8. The van der Waals surface area contributed by atoms with Crippen molar-refractivity contribution in [3.8, 4) is 0 Å². The number of benzene rings is 1. The second kappa shape index (κ2) is 26.0. The van der Waals surface area contributed by atoms with Crippen LogP contribution in [0.15, 0.2) is 30.5 Å². The Labute approximate surface area is 381 Å². The van der Waals surface area contributed by atoms with Gasteiger partial charge in [-0.25, -0.2) is 19.2 Å². The lowest BCUT2D eigenvalue weighted by Crippen LogP contribution is -2.57. The molecule has 1 aromatic carbocycles. The van der Waals surface area contributed by atoms with Gasteiger partial charge in [-0.2, -0.15) is 0 Å². The van der Waals surface area contributed by atoms with Crippen molar-refractivity contribution >= 4 is 58.9 Å². The van der Waals surface area contributed by atoms with Crippen molar-refractivity contribution in [1.29, 1.82) is 0 Å². The van der Waals surface area contributed by atoms with Crippen molar-refractivity contribution in [2.75, 3.05) is 26.3 Å².